The van der Waals surface area contributed by atoms with E-state index in [1.165, 1.54) is 7.11 Å². The molecule has 0 aromatic rings. The number of carbonyl (C=O) groups excluding carboxylic acids is 1. The summed E-state index contributed by atoms with van der Waals surface area (Å²) in [6, 6.07) is 0. The molecule has 1 heterocycles. The number of esters is 1. The first kappa shape index (κ1) is 12.4. The molecule has 0 radical (unpaired) electrons. The highest BCUT2D eigenvalue weighted by Gasteiger charge is 2.21. The van der Waals surface area contributed by atoms with Gasteiger partial charge in [-0.25, -0.2) is 4.79 Å². The molecule has 6 heteroatoms. The molecule has 0 unspecified atom stereocenters. The van der Waals surface area contributed by atoms with E-state index in [2.05, 4.69) is 9.99 Å². The van der Waals surface area contributed by atoms with Crippen molar-refractivity contribution in [2.24, 2.45) is 5.16 Å². The number of thioether (sulfide) groups is 2. The molecule has 1 aliphatic heterocycles. The molecule has 0 bridgehead atoms. The zero-order valence-corrected chi connectivity index (χ0v) is 10.3. The Hall–Kier alpha value is -0.620. The zero-order chi connectivity index (χ0) is 11.1. The van der Waals surface area contributed by atoms with Crippen molar-refractivity contribution >= 4 is 35.2 Å². The van der Waals surface area contributed by atoms with Crippen LogP contribution in [0.2, 0.25) is 0 Å². The van der Waals surface area contributed by atoms with E-state index in [0.29, 0.717) is 6.61 Å². The predicted molar refractivity (Wildman–Crippen MR) is 64.1 cm³/mol. The first-order valence-electron chi connectivity index (χ1n) is 4.52. The molecular formula is C9H13NO3S2. The Morgan fingerprint density at radius 2 is 2.40 bits per heavy atom. The van der Waals surface area contributed by atoms with Crippen LogP contribution < -0.4 is 0 Å². The molecule has 0 N–H and O–H groups in total. The molecule has 1 rings (SSSR count). The van der Waals surface area contributed by atoms with Gasteiger partial charge in [0.05, 0.1) is 11.5 Å². The minimum Gasteiger partial charge on any atom is -0.461 e. The Kier molecular flexibility index (Phi) is 5.63. The van der Waals surface area contributed by atoms with Gasteiger partial charge in [-0.3, -0.25) is 0 Å². The van der Waals surface area contributed by atoms with Gasteiger partial charge in [0.1, 0.15) is 7.11 Å². The minimum atomic E-state index is -0.430. The Morgan fingerprint density at radius 1 is 1.60 bits per heavy atom. The fraction of sp³-hybridized carbons (Fsp3) is 0.556. The largest absolute Gasteiger partial charge is 0.461 e. The van der Waals surface area contributed by atoms with Gasteiger partial charge in [0.2, 0.25) is 5.71 Å². The highest BCUT2D eigenvalue weighted by atomic mass is 32.2. The van der Waals surface area contributed by atoms with Gasteiger partial charge in [0.15, 0.2) is 0 Å². The number of nitrogens with zero attached hydrogens (tertiary/aromatic N) is 1. The van der Waals surface area contributed by atoms with Crippen LogP contribution in [0.25, 0.3) is 0 Å². The molecule has 0 aliphatic carbocycles. The molecule has 84 valence electrons. The normalized spacial score (nSPS) is 16.9. The van der Waals surface area contributed by atoms with Gasteiger partial charge in [0.25, 0.3) is 0 Å². The monoisotopic (exact) mass is 247 g/mol. The van der Waals surface area contributed by atoms with Crippen LogP contribution in [0.3, 0.4) is 0 Å². The molecule has 0 atom stereocenters. The van der Waals surface area contributed by atoms with Crippen molar-refractivity contribution in [3.63, 3.8) is 0 Å². The van der Waals surface area contributed by atoms with Gasteiger partial charge < -0.3 is 9.57 Å². The van der Waals surface area contributed by atoms with Gasteiger partial charge >= 0.3 is 5.97 Å². The third kappa shape index (κ3) is 3.79. The lowest BCUT2D eigenvalue weighted by Crippen LogP contribution is -2.20. The maximum Gasteiger partial charge on any atom is 0.361 e. The molecule has 0 saturated carbocycles. The lowest BCUT2D eigenvalue weighted by Gasteiger charge is -2.12. The molecule has 0 amide bonds. The second-order valence-electron chi connectivity index (χ2n) is 2.54. The van der Waals surface area contributed by atoms with E-state index in [1.54, 1.807) is 30.4 Å². The number of rotatable bonds is 4. The summed E-state index contributed by atoms with van der Waals surface area (Å²) in [7, 11) is 1.42. The van der Waals surface area contributed by atoms with Gasteiger partial charge in [0, 0.05) is 11.5 Å². The van der Waals surface area contributed by atoms with Crippen molar-refractivity contribution in [2.75, 3.05) is 25.2 Å². The summed E-state index contributed by atoms with van der Waals surface area (Å²) in [5.41, 5.74) is 0.261. The van der Waals surface area contributed by atoms with Crippen molar-refractivity contribution < 1.29 is 14.4 Å². The van der Waals surface area contributed by atoms with Gasteiger partial charge in [-0.15, -0.1) is 23.5 Å². The number of ether oxygens (including phenoxy) is 1. The third-order valence-corrected chi connectivity index (χ3v) is 3.81. The molecule has 0 saturated heterocycles. The second kappa shape index (κ2) is 6.79. The van der Waals surface area contributed by atoms with E-state index in [1.807, 2.05) is 5.41 Å². The van der Waals surface area contributed by atoms with Crippen LogP contribution in [0.4, 0.5) is 0 Å². The smallest absolute Gasteiger partial charge is 0.361 e. The quantitative estimate of drug-likeness (QED) is 0.431. The molecule has 0 spiro atoms. The lowest BCUT2D eigenvalue weighted by atomic mass is 10.4. The van der Waals surface area contributed by atoms with Crippen LogP contribution >= 0.6 is 23.5 Å². The van der Waals surface area contributed by atoms with Crippen LogP contribution in [-0.2, 0) is 14.4 Å². The van der Waals surface area contributed by atoms with E-state index in [4.69, 9.17) is 4.74 Å². The summed E-state index contributed by atoms with van der Waals surface area (Å²) in [5.74, 6) is 1.59. The lowest BCUT2D eigenvalue weighted by molar-refractivity contribution is -0.135. The van der Waals surface area contributed by atoms with Crippen LogP contribution in [0.1, 0.15) is 6.92 Å². The SMILES string of the molecule is CCOC(=O)/C(=N\OC)C1=CSCCS1. The minimum absolute atomic E-state index is 0.261. The van der Waals surface area contributed by atoms with Crippen molar-refractivity contribution in [1.29, 1.82) is 0 Å². The number of carbonyl (C=O) groups is 1. The first-order valence-corrected chi connectivity index (χ1v) is 6.56. The summed E-state index contributed by atoms with van der Waals surface area (Å²) in [6.07, 6.45) is 0. The predicted octanol–water partition coefficient (Wildman–Crippen LogP) is 1.87. The molecule has 1 aliphatic rings. The summed E-state index contributed by atoms with van der Waals surface area (Å²) in [4.78, 5) is 17.0. The van der Waals surface area contributed by atoms with E-state index in [-0.39, 0.29) is 5.71 Å². The van der Waals surface area contributed by atoms with Gasteiger partial charge in [-0.05, 0) is 12.3 Å². The molecule has 0 fully saturated rings. The molecule has 0 aromatic heterocycles. The fourth-order valence-corrected chi connectivity index (χ4v) is 3.02. The number of hydrogen-bond acceptors (Lipinski definition) is 6. The van der Waals surface area contributed by atoms with Gasteiger partial charge in [-0.2, -0.15) is 0 Å². The molecule has 15 heavy (non-hydrogen) atoms. The molecule has 0 aromatic carbocycles. The standard InChI is InChI=1S/C9H13NO3S2/c1-3-13-9(11)8(10-12-2)7-6-14-4-5-15-7/h6H,3-5H2,1-2H3/b10-8-. The average molecular weight is 247 g/mol. The summed E-state index contributed by atoms with van der Waals surface area (Å²) in [6.45, 7) is 2.10. The Balaban J connectivity index is 2.77. The molecular weight excluding hydrogens is 234 g/mol. The van der Waals surface area contributed by atoms with E-state index in [0.717, 1.165) is 16.4 Å². The number of hydrogen-bond donors (Lipinski definition) is 0. The van der Waals surface area contributed by atoms with E-state index < -0.39 is 5.97 Å². The summed E-state index contributed by atoms with van der Waals surface area (Å²) in [5, 5.41) is 5.63. The maximum absolute atomic E-state index is 11.5. The zero-order valence-electron chi connectivity index (χ0n) is 8.69. The van der Waals surface area contributed by atoms with Crippen molar-refractivity contribution in [3.05, 3.63) is 10.3 Å². The highest BCUT2D eigenvalue weighted by molar-refractivity contribution is 8.10. The third-order valence-electron chi connectivity index (χ3n) is 1.53. The van der Waals surface area contributed by atoms with Crippen LogP contribution in [0.15, 0.2) is 15.5 Å². The summed E-state index contributed by atoms with van der Waals surface area (Å²) < 4.78 is 4.90. The Morgan fingerprint density at radius 3 is 2.93 bits per heavy atom. The highest BCUT2D eigenvalue weighted by Crippen LogP contribution is 2.28. The Bertz CT molecular complexity index is 289. The van der Waals surface area contributed by atoms with Crippen LogP contribution in [-0.4, -0.2) is 36.9 Å². The molecule has 4 nitrogen and oxygen atoms in total. The van der Waals surface area contributed by atoms with Crippen molar-refractivity contribution in [1.82, 2.24) is 0 Å². The Labute approximate surface area is 97.4 Å². The average Bonchev–Trinajstić information content (AvgIpc) is 2.27. The maximum atomic E-state index is 11.5. The van der Waals surface area contributed by atoms with Crippen molar-refractivity contribution in [3.8, 4) is 0 Å². The van der Waals surface area contributed by atoms with E-state index >= 15 is 0 Å². The second-order valence-corrected chi connectivity index (χ2v) is 4.66. The van der Waals surface area contributed by atoms with Crippen molar-refractivity contribution in [2.45, 2.75) is 6.92 Å². The van der Waals surface area contributed by atoms with E-state index in [9.17, 15) is 4.79 Å². The van der Waals surface area contributed by atoms with Gasteiger partial charge in [-0.1, -0.05) is 5.16 Å². The fourth-order valence-electron chi connectivity index (χ4n) is 0.966. The number of oxime groups is 1. The topological polar surface area (TPSA) is 47.9 Å². The van der Waals surface area contributed by atoms with Crippen LogP contribution in [0, 0.1) is 0 Å². The summed E-state index contributed by atoms with van der Waals surface area (Å²) >= 11 is 3.26. The first-order chi connectivity index (χ1) is 7.29. The van der Waals surface area contributed by atoms with Crippen LogP contribution in [0.5, 0.6) is 0 Å².